The van der Waals surface area contributed by atoms with Gasteiger partial charge in [-0.05, 0) is 44.4 Å². The molecule has 0 saturated heterocycles. The molecule has 1 amide bonds. The molecule has 0 saturated carbocycles. The number of aliphatic hydroxyl groups excluding tert-OH is 1. The van der Waals surface area contributed by atoms with Gasteiger partial charge in [-0.15, -0.1) is 0 Å². The molecule has 0 aliphatic rings. The first-order chi connectivity index (χ1) is 10.7. The van der Waals surface area contributed by atoms with Crippen LogP contribution in [0.15, 0.2) is 12.2 Å². The van der Waals surface area contributed by atoms with Crippen LogP contribution in [0.4, 0.5) is 0 Å². The van der Waals surface area contributed by atoms with Gasteiger partial charge >= 0.3 is 0 Å². The Morgan fingerprint density at radius 3 is 1.95 bits per heavy atom. The maximum atomic E-state index is 10.6. The van der Waals surface area contributed by atoms with Crippen LogP contribution in [0.25, 0.3) is 0 Å². The maximum absolute atomic E-state index is 10.6. The number of carbonyl (C=O) groups excluding carboxylic acids is 1. The normalized spacial score (nSPS) is 12.8. The molecule has 1 unspecified atom stereocenters. The second kappa shape index (κ2) is 16.5. The van der Waals surface area contributed by atoms with E-state index in [0.717, 1.165) is 19.3 Å². The van der Waals surface area contributed by atoms with E-state index in [1.807, 2.05) is 0 Å². The molecule has 130 valence electrons. The lowest BCUT2D eigenvalue weighted by atomic mass is 10.0. The van der Waals surface area contributed by atoms with Crippen molar-refractivity contribution >= 4 is 5.91 Å². The van der Waals surface area contributed by atoms with Gasteiger partial charge in [0.15, 0.2) is 0 Å². The van der Waals surface area contributed by atoms with Gasteiger partial charge in [-0.3, -0.25) is 4.79 Å². The standard InChI is InChI=1S/C19H37NO2/c1-18(17-21)15-13-11-9-7-5-3-2-4-6-8-10-12-14-16-19(20)22/h2-3,18,21H,4-17H2,1H3,(H2,20,22)/b3-2+. The predicted octanol–water partition coefficient (Wildman–Crippen LogP) is 4.73. The van der Waals surface area contributed by atoms with E-state index in [1.54, 1.807) is 0 Å². The van der Waals surface area contributed by atoms with Crippen molar-refractivity contribution in [2.45, 2.75) is 90.4 Å². The van der Waals surface area contributed by atoms with Crippen molar-refractivity contribution in [3.63, 3.8) is 0 Å². The van der Waals surface area contributed by atoms with Gasteiger partial charge in [-0.1, -0.05) is 57.6 Å². The Bertz CT molecular complexity index is 277. The van der Waals surface area contributed by atoms with Crippen molar-refractivity contribution in [2.24, 2.45) is 11.7 Å². The lowest BCUT2D eigenvalue weighted by Gasteiger charge is -2.06. The molecule has 0 rings (SSSR count). The quantitative estimate of drug-likeness (QED) is 0.320. The number of amides is 1. The van der Waals surface area contributed by atoms with Crippen LogP contribution in [0.1, 0.15) is 90.4 Å². The summed E-state index contributed by atoms with van der Waals surface area (Å²) in [6.45, 7) is 2.44. The Hall–Kier alpha value is -0.830. The number of unbranched alkanes of at least 4 members (excludes halogenated alkanes) is 9. The van der Waals surface area contributed by atoms with E-state index >= 15 is 0 Å². The van der Waals surface area contributed by atoms with Gasteiger partial charge in [-0.2, -0.15) is 0 Å². The summed E-state index contributed by atoms with van der Waals surface area (Å²) < 4.78 is 0. The number of hydrogen-bond acceptors (Lipinski definition) is 2. The van der Waals surface area contributed by atoms with Crippen molar-refractivity contribution in [1.29, 1.82) is 0 Å². The Balaban J connectivity index is 3.13. The summed E-state index contributed by atoms with van der Waals surface area (Å²) in [5.74, 6) is 0.293. The first-order valence-corrected chi connectivity index (χ1v) is 9.21. The molecular weight excluding hydrogens is 274 g/mol. The van der Waals surface area contributed by atoms with E-state index in [9.17, 15) is 4.79 Å². The summed E-state index contributed by atoms with van der Waals surface area (Å²) in [5, 5.41) is 8.93. The summed E-state index contributed by atoms with van der Waals surface area (Å²) in [7, 11) is 0. The highest BCUT2D eigenvalue weighted by atomic mass is 16.3. The van der Waals surface area contributed by atoms with E-state index in [0.29, 0.717) is 18.9 Å². The smallest absolute Gasteiger partial charge is 0.217 e. The summed E-state index contributed by atoms with van der Waals surface area (Å²) in [6.07, 6.45) is 19.7. The van der Waals surface area contributed by atoms with Crippen LogP contribution < -0.4 is 5.73 Å². The fourth-order valence-electron chi connectivity index (χ4n) is 2.53. The Morgan fingerprint density at radius 1 is 0.909 bits per heavy atom. The van der Waals surface area contributed by atoms with E-state index < -0.39 is 0 Å². The lowest BCUT2D eigenvalue weighted by Crippen LogP contribution is -2.09. The largest absolute Gasteiger partial charge is 0.396 e. The number of nitrogens with two attached hydrogens (primary N) is 1. The van der Waals surface area contributed by atoms with E-state index in [4.69, 9.17) is 10.8 Å². The third-order valence-corrected chi connectivity index (χ3v) is 4.09. The SMILES string of the molecule is CC(CO)CCCCCC/C=C/CCCCCCCC(N)=O. The Kier molecular flexibility index (Phi) is 15.9. The van der Waals surface area contributed by atoms with Crippen molar-refractivity contribution in [3.05, 3.63) is 12.2 Å². The fourth-order valence-corrected chi connectivity index (χ4v) is 2.53. The first-order valence-electron chi connectivity index (χ1n) is 9.21. The lowest BCUT2D eigenvalue weighted by molar-refractivity contribution is -0.118. The minimum absolute atomic E-state index is 0.175. The predicted molar refractivity (Wildman–Crippen MR) is 94.6 cm³/mol. The highest BCUT2D eigenvalue weighted by molar-refractivity contribution is 5.73. The summed E-state index contributed by atoms with van der Waals surface area (Å²) >= 11 is 0. The summed E-state index contributed by atoms with van der Waals surface area (Å²) in [6, 6.07) is 0. The second-order valence-electron chi connectivity index (χ2n) is 6.52. The number of carbonyl (C=O) groups is 1. The minimum Gasteiger partial charge on any atom is -0.396 e. The van der Waals surface area contributed by atoms with Gasteiger partial charge in [-0.25, -0.2) is 0 Å². The van der Waals surface area contributed by atoms with E-state index in [2.05, 4.69) is 19.1 Å². The number of primary amides is 1. The molecule has 0 heterocycles. The molecule has 3 nitrogen and oxygen atoms in total. The van der Waals surface area contributed by atoms with Crippen LogP contribution in [-0.4, -0.2) is 17.6 Å². The van der Waals surface area contributed by atoms with Gasteiger partial charge < -0.3 is 10.8 Å². The number of aliphatic hydroxyl groups is 1. The molecular formula is C19H37NO2. The van der Waals surface area contributed by atoms with Crippen LogP contribution >= 0.6 is 0 Å². The molecule has 0 aliphatic heterocycles. The minimum atomic E-state index is -0.175. The van der Waals surface area contributed by atoms with Crippen LogP contribution in [0.5, 0.6) is 0 Å². The zero-order valence-electron chi connectivity index (χ0n) is 14.6. The van der Waals surface area contributed by atoms with Crippen LogP contribution in [0.3, 0.4) is 0 Å². The summed E-state index contributed by atoms with van der Waals surface area (Å²) in [5.41, 5.74) is 5.10. The molecule has 0 aromatic carbocycles. The third kappa shape index (κ3) is 17.2. The van der Waals surface area contributed by atoms with E-state index in [-0.39, 0.29) is 5.91 Å². The molecule has 0 aromatic heterocycles. The number of rotatable bonds is 16. The van der Waals surface area contributed by atoms with Crippen molar-refractivity contribution in [2.75, 3.05) is 6.61 Å². The zero-order valence-corrected chi connectivity index (χ0v) is 14.6. The van der Waals surface area contributed by atoms with Gasteiger partial charge in [0.2, 0.25) is 5.91 Å². The molecule has 3 heteroatoms. The van der Waals surface area contributed by atoms with Gasteiger partial charge in [0, 0.05) is 13.0 Å². The second-order valence-corrected chi connectivity index (χ2v) is 6.52. The maximum Gasteiger partial charge on any atom is 0.217 e. The molecule has 0 aliphatic carbocycles. The van der Waals surface area contributed by atoms with Gasteiger partial charge in [0.1, 0.15) is 0 Å². The van der Waals surface area contributed by atoms with Crippen LogP contribution in [0, 0.1) is 5.92 Å². The molecule has 0 bridgehead atoms. The zero-order chi connectivity index (χ0) is 16.5. The highest BCUT2D eigenvalue weighted by Crippen LogP contribution is 2.11. The van der Waals surface area contributed by atoms with Crippen molar-refractivity contribution in [1.82, 2.24) is 0 Å². The van der Waals surface area contributed by atoms with E-state index in [1.165, 1.54) is 57.8 Å². The average Bonchev–Trinajstić information content (AvgIpc) is 2.50. The third-order valence-electron chi connectivity index (χ3n) is 4.09. The highest BCUT2D eigenvalue weighted by Gasteiger charge is 1.98. The monoisotopic (exact) mass is 311 g/mol. The fraction of sp³-hybridized carbons (Fsp3) is 0.842. The number of hydrogen-bond donors (Lipinski definition) is 2. The Morgan fingerprint density at radius 2 is 1.41 bits per heavy atom. The molecule has 0 fully saturated rings. The van der Waals surface area contributed by atoms with Gasteiger partial charge in [0.25, 0.3) is 0 Å². The topological polar surface area (TPSA) is 63.3 Å². The molecule has 3 N–H and O–H groups in total. The molecule has 1 atom stereocenters. The van der Waals surface area contributed by atoms with Crippen LogP contribution in [-0.2, 0) is 4.79 Å². The molecule has 0 aromatic rings. The van der Waals surface area contributed by atoms with Crippen molar-refractivity contribution < 1.29 is 9.90 Å². The molecule has 0 radical (unpaired) electrons. The molecule has 22 heavy (non-hydrogen) atoms. The van der Waals surface area contributed by atoms with Crippen molar-refractivity contribution in [3.8, 4) is 0 Å². The van der Waals surface area contributed by atoms with Gasteiger partial charge in [0.05, 0.1) is 0 Å². The first kappa shape index (κ1) is 21.2. The average molecular weight is 312 g/mol. The van der Waals surface area contributed by atoms with Crippen LogP contribution in [0.2, 0.25) is 0 Å². The molecule has 0 spiro atoms. The summed E-state index contributed by atoms with van der Waals surface area (Å²) in [4.78, 5) is 10.6. The number of allylic oxidation sites excluding steroid dienone is 2. The Labute approximate surface area is 137 Å².